The minimum absolute atomic E-state index is 0.366. The quantitative estimate of drug-likeness (QED) is 0.126. The fraction of sp³-hybridized carbons (Fsp3) is 0.806. The van der Waals surface area contributed by atoms with E-state index >= 15 is 0 Å². The zero-order chi connectivity index (χ0) is 23.5. The van der Waals surface area contributed by atoms with Crippen molar-refractivity contribution < 1.29 is 0 Å². The van der Waals surface area contributed by atoms with Gasteiger partial charge in [-0.2, -0.15) is 0 Å². The van der Waals surface area contributed by atoms with Crippen molar-refractivity contribution in [3.63, 3.8) is 0 Å². The van der Waals surface area contributed by atoms with Crippen LogP contribution in [0.1, 0.15) is 142 Å². The van der Waals surface area contributed by atoms with Crippen LogP contribution >= 0.6 is 7.92 Å². The lowest BCUT2D eigenvalue weighted by molar-refractivity contribution is 0.617. The van der Waals surface area contributed by atoms with E-state index < -0.39 is 0 Å². The number of benzene rings is 1. The number of hydrogen-bond acceptors (Lipinski definition) is 0. The van der Waals surface area contributed by atoms with E-state index in [1.807, 2.05) is 18.2 Å². The molecular weight excluding hydrogens is 403 g/mol. The number of hydrogen-bond donors (Lipinski definition) is 0. The Kier molecular flexibility index (Phi) is 26.6. The van der Waals surface area contributed by atoms with Gasteiger partial charge in [0, 0.05) is 0 Å². The van der Waals surface area contributed by atoms with Gasteiger partial charge in [-0.3, -0.25) is 0 Å². The van der Waals surface area contributed by atoms with Gasteiger partial charge < -0.3 is 0 Å². The lowest BCUT2D eigenvalue weighted by Gasteiger charge is -2.18. The molecule has 1 rings (SSSR count). The van der Waals surface area contributed by atoms with E-state index in [4.69, 9.17) is 0 Å². The minimum Gasteiger partial charge on any atom is -0.107 e. The van der Waals surface area contributed by atoms with Crippen molar-refractivity contribution in [1.29, 1.82) is 0 Å². The fourth-order valence-electron chi connectivity index (χ4n) is 4.22. The molecule has 0 aromatic heterocycles. The SMILES string of the molecule is CCCCCCCCP(CCCCCCCC)CCCCCCCC.Cc1ccccc1. The first-order chi connectivity index (χ1) is 15.7. The summed E-state index contributed by atoms with van der Waals surface area (Å²) >= 11 is 0. The van der Waals surface area contributed by atoms with Gasteiger partial charge >= 0.3 is 0 Å². The third-order valence-electron chi connectivity index (χ3n) is 6.42. The summed E-state index contributed by atoms with van der Waals surface area (Å²) in [6.45, 7) is 9.04. The zero-order valence-corrected chi connectivity index (χ0v) is 23.6. The predicted octanol–water partition coefficient (Wildman–Crippen LogP) is 11.5. The maximum absolute atomic E-state index is 2.32. The second-order valence-corrected chi connectivity index (χ2v) is 12.5. The molecule has 0 aliphatic heterocycles. The lowest BCUT2D eigenvalue weighted by atomic mass is 10.1. The molecule has 0 fully saturated rings. The number of unbranched alkanes of at least 4 members (excludes halogenated alkanes) is 15. The third-order valence-corrected chi connectivity index (χ3v) is 9.27. The molecule has 0 saturated carbocycles. The second kappa shape index (κ2) is 26.9. The Hall–Kier alpha value is -0.350. The summed E-state index contributed by atoms with van der Waals surface area (Å²) in [6.07, 6.45) is 31.2. The maximum atomic E-state index is 2.32. The summed E-state index contributed by atoms with van der Waals surface area (Å²) in [7, 11) is 0.366. The molecule has 0 N–H and O–H groups in total. The lowest BCUT2D eigenvalue weighted by Crippen LogP contribution is -1.97. The average Bonchev–Trinajstić information content (AvgIpc) is 2.81. The molecule has 0 atom stereocenters. The molecule has 1 aromatic rings. The van der Waals surface area contributed by atoms with E-state index in [-0.39, 0.29) is 0 Å². The largest absolute Gasteiger partial charge is 0.107 e. The van der Waals surface area contributed by atoms with E-state index in [9.17, 15) is 0 Å². The Morgan fingerprint density at radius 2 is 0.750 bits per heavy atom. The summed E-state index contributed by atoms with van der Waals surface area (Å²) in [5.74, 6) is 0. The molecule has 0 spiro atoms. The van der Waals surface area contributed by atoms with Crippen LogP contribution in [0.25, 0.3) is 0 Å². The van der Waals surface area contributed by atoms with Crippen molar-refractivity contribution in [2.75, 3.05) is 18.5 Å². The topological polar surface area (TPSA) is 0 Å². The van der Waals surface area contributed by atoms with E-state index in [1.54, 1.807) is 18.5 Å². The standard InChI is InChI=1S/C24H51P.C7H8/c1-4-7-10-13-16-19-22-25(23-20-17-14-11-8-5-2)24-21-18-15-12-9-6-3;1-7-5-3-2-4-6-7/h4-24H2,1-3H3;2-6H,1H3. The van der Waals surface area contributed by atoms with E-state index in [0.29, 0.717) is 7.92 Å². The molecule has 0 saturated heterocycles. The van der Waals surface area contributed by atoms with Crippen molar-refractivity contribution >= 4 is 7.92 Å². The Morgan fingerprint density at radius 1 is 0.438 bits per heavy atom. The van der Waals surface area contributed by atoms with E-state index in [0.717, 1.165) is 0 Å². The van der Waals surface area contributed by atoms with Crippen molar-refractivity contribution in [1.82, 2.24) is 0 Å². The van der Waals surface area contributed by atoms with Gasteiger partial charge in [0.1, 0.15) is 0 Å². The first-order valence-corrected chi connectivity index (χ1v) is 16.4. The highest BCUT2D eigenvalue weighted by Gasteiger charge is 2.07. The highest BCUT2D eigenvalue weighted by molar-refractivity contribution is 7.57. The van der Waals surface area contributed by atoms with Gasteiger partial charge in [-0.1, -0.05) is 153 Å². The van der Waals surface area contributed by atoms with Crippen molar-refractivity contribution in [3.8, 4) is 0 Å². The smallest absolute Gasteiger partial charge is 0.0326 e. The predicted molar refractivity (Wildman–Crippen MR) is 153 cm³/mol. The van der Waals surface area contributed by atoms with Gasteiger partial charge in [-0.05, 0) is 44.7 Å². The fourth-order valence-corrected chi connectivity index (χ4v) is 6.90. The average molecular weight is 463 g/mol. The van der Waals surface area contributed by atoms with Crippen molar-refractivity contribution in [2.24, 2.45) is 0 Å². The monoisotopic (exact) mass is 462 g/mol. The van der Waals surface area contributed by atoms with E-state index in [2.05, 4.69) is 39.8 Å². The zero-order valence-electron chi connectivity index (χ0n) is 22.7. The summed E-state index contributed by atoms with van der Waals surface area (Å²) in [5.41, 5.74) is 1.32. The molecule has 0 nitrogen and oxygen atoms in total. The van der Waals surface area contributed by atoms with Crippen LogP contribution in [-0.4, -0.2) is 18.5 Å². The van der Waals surface area contributed by atoms with Crippen LogP contribution in [0.2, 0.25) is 0 Å². The summed E-state index contributed by atoms with van der Waals surface area (Å²) < 4.78 is 0. The van der Waals surface area contributed by atoms with Crippen molar-refractivity contribution in [3.05, 3.63) is 35.9 Å². The maximum Gasteiger partial charge on any atom is -0.0326 e. The molecule has 0 amide bonds. The second-order valence-electron chi connectivity index (χ2n) is 9.80. The van der Waals surface area contributed by atoms with Crippen molar-refractivity contribution in [2.45, 2.75) is 143 Å². The van der Waals surface area contributed by atoms with Gasteiger partial charge in [0.2, 0.25) is 0 Å². The van der Waals surface area contributed by atoms with Gasteiger partial charge in [0.15, 0.2) is 0 Å². The van der Waals surface area contributed by atoms with Gasteiger partial charge in [-0.25, -0.2) is 0 Å². The molecular formula is C31H59P. The molecule has 0 aliphatic carbocycles. The highest BCUT2D eigenvalue weighted by Crippen LogP contribution is 2.39. The molecule has 0 aliphatic rings. The van der Waals surface area contributed by atoms with Gasteiger partial charge in [0.25, 0.3) is 0 Å². The Morgan fingerprint density at radius 3 is 1.03 bits per heavy atom. The molecule has 0 bridgehead atoms. The van der Waals surface area contributed by atoms with Crippen LogP contribution in [0.15, 0.2) is 30.3 Å². The van der Waals surface area contributed by atoms with Crippen LogP contribution in [0.4, 0.5) is 0 Å². The third kappa shape index (κ3) is 24.3. The van der Waals surface area contributed by atoms with Crippen LogP contribution < -0.4 is 0 Å². The minimum atomic E-state index is 0.366. The molecule has 1 heteroatoms. The first kappa shape index (κ1) is 31.6. The van der Waals surface area contributed by atoms with Crippen LogP contribution in [0.5, 0.6) is 0 Å². The molecule has 1 aromatic carbocycles. The van der Waals surface area contributed by atoms with Crippen LogP contribution in [0, 0.1) is 6.92 Å². The first-order valence-electron chi connectivity index (χ1n) is 14.5. The molecule has 0 radical (unpaired) electrons. The molecule has 0 heterocycles. The Bertz CT molecular complexity index is 403. The Labute approximate surface area is 205 Å². The van der Waals surface area contributed by atoms with Gasteiger partial charge in [0.05, 0.1) is 0 Å². The number of aryl methyl sites for hydroxylation is 1. The van der Waals surface area contributed by atoms with Gasteiger partial charge in [-0.15, -0.1) is 7.92 Å². The molecule has 188 valence electrons. The van der Waals surface area contributed by atoms with E-state index in [1.165, 1.54) is 121 Å². The summed E-state index contributed by atoms with van der Waals surface area (Å²) in [5, 5.41) is 0. The molecule has 0 unspecified atom stereocenters. The normalized spacial score (nSPS) is 10.9. The van der Waals surface area contributed by atoms with Crippen LogP contribution in [0.3, 0.4) is 0 Å². The summed E-state index contributed by atoms with van der Waals surface area (Å²) in [6, 6.07) is 10.3. The number of rotatable bonds is 21. The van der Waals surface area contributed by atoms with Crippen LogP contribution in [-0.2, 0) is 0 Å². The highest BCUT2D eigenvalue weighted by atomic mass is 31.1. The summed E-state index contributed by atoms with van der Waals surface area (Å²) in [4.78, 5) is 0. The Balaban J connectivity index is 0.00000115. The molecule has 32 heavy (non-hydrogen) atoms.